The van der Waals surface area contributed by atoms with Crippen molar-refractivity contribution in [3.63, 3.8) is 0 Å². The monoisotopic (exact) mass is 199 g/mol. The molecule has 0 spiro atoms. The second-order valence-corrected chi connectivity index (χ2v) is 4.93. The lowest BCUT2D eigenvalue weighted by molar-refractivity contribution is 0.157. The summed E-state index contributed by atoms with van der Waals surface area (Å²) in [5, 5.41) is 6.24. The van der Waals surface area contributed by atoms with Gasteiger partial charge in [0.05, 0.1) is 0 Å². The summed E-state index contributed by atoms with van der Waals surface area (Å²) >= 11 is 0. The fourth-order valence-electron chi connectivity index (χ4n) is 1.54. The first-order valence-electron chi connectivity index (χ1n) is 5.19. The molecule has 0 aliphatic carbocycles. The van der Waals surface area contributed by atoms with Crippen LogP contribution in [0.4, 0.5) is 4.79 Å². The van der Waals surface area contributed by atoms with Crippen molar-refractivity contribution in [3.8, 4) is 0 Å². The van der Waals surface area contributed by atoms with Gasteiger partial charge in [-0.15, -0.1) is 0 Å². The molecule has 4 heteroatoms. The molecule has 1 aliphatic rings. The number of urea groups is 1. The molecule has 0 radical (unpaired) electrons. The van der Waals surface area contributed by atoms with Crippen molar-refractivity contribution >= 4 is 6.03 Å². The Morgan fingerprint density at radius 1 is 1.50 bits per heavy atom. The van der Waals surface area contributed by atoms with Crippen molar-refractivity contribution < 1.29 is 4.79 Å². The molecule has 1 atom stereocenters. The van der Waals surface area contributed by atoms with Gasteiger partial charge in [-0.2, -0.15) is 0 Å². The highest BCUT2D eigenvalue weighted by molar-refractivity contribution is 5.75. The molecular weight excluding hydrogens is 178 g/mol. The molecule has 0 aromatic carbocycles. The third-order valence-corrected chi connectivity index (χ3v) is 2.24. The van der Waals surface area contributed by atoms with Crippen LogP contribution in [0.2, 0.25) is 0 Å². The van der Waals surface area contributed by atoms with E-state index in [1.165, 1.54) is 0 Å². The highest BCUT2D eigenvalue weighted by atomic mass is 16.2. The molecule has 1 saturated heterocycles. The van der Waals surface area contributed by atoms with Gasteiger partial charge in [-0.25, -0.2) is 4.79 Å². The molecule has 0 aromatic heterocycles. The lowest BCUT2D eigenvalue weighted by Gasteiger charge is -2.36. The molecule has 0 unspecified atom stereocenters. The number of amides is 2. The minimum Gasteiger partial charge on any atom is -0.333 e. The molecule has 82 valence electrons. The Morgan fingerprint density at radius 3 is 2.64 bits per heavy atom. The lowest BCUT2D eigenvalue weighted by atomic mass is 10.1. The van der Waals surface area contributed by atoms with E-state index < -0.39 is 0 Å². The van der Waals surface area contributed by atoms with Crippen LogP contribution in [0.3, 0.4) is 0 Å². The minimum absolute atomic E-state index is 0.0477. The second kappa shape index (κ2) is 4.17. The molecule has 0 bridgehead atoms. The van der Waals surface area contributed by atoms with E-state index in [1.807, 2.05) is 25.7 Å². The number of carbonyl (C=O) groups excluding carboxylic acids is 1. The van der Waals surface area contributed by atoms with E-state index in [1.54, 1.807) is 0 Å². The van der Waals surface area contributed by atoms with Gasteiger partial charge >= 0.3 is 6.03 Å². The lowest BCUT2D eigenvalue weighted by Crippen LogP contribution is -2.57. The molecule has 1 rings (SSSR count). The number of carbonyl (C=O) groups is 1. The zero-order chi connectivity index (χ0) is 10.8. The summed E-state index contributed by atoms with van der Waals surface area (Å²) in [4.78, 5) is 13.7. The summed E-state index contributed by atoms with van der Waals surface area (Å²) in [7, 11) is 0. The fraction of sp³-hybridized carbons (Fsp3) is 0.900. The quantitative estimate of drug-likeness (QED) is 0.606. The topological polar surface area (TPSA) is 44.4 Å². The minimum atomic E-state index is -0.151. The first-order valence-corrected chi connectivity index (χ1v) is 5.19. The average Bonchev–Trinajstić information content (AvgIpc) is 2.01. The standard InChI is InChI=1S/C10H21N3O/c1-8-7-11-5-6-13(8)9(14)12-10(2,3)4/h8,11H,5-7H2,1-4H3,(H,12,14)/t8-/m0/s1. The molecule has 0 saturated carbocycles. The molecule has 2 amide bonds. The van der Waals surface area contributed by atoms with E-state index in [-0.39, 0.29) is 17.6 Å². The molecule has 2 N–H and O–H groups in total. The van der Waals surface area contributed by atoms with Gasteiger partial charge in [-0.1, -0.05) is 0 Å². The van der Waals surface area contributed by atoms with Gasteiger partial charge in [0.15, 0.2) is 0 Å². The second-order valence-electron chi connectivity index (χ2n) is 4.93. The van der Waals surface area contributed by atoms with E-state index in [9.17, 15) is 4.79 Å². The van der Waals surface area contributed by atoms with E-state index in [2.05, 4.69) is 17.6 Å². The first kappa shape index (κ1) is 11.3. The van der Waals surface area contributed by atoms with Crippen LogP contribution in [0.15, 0.2) is 0 Å². The molecule has 14 heavy (non-hydrogen) atoms. The summed E-state index contributed by atoms with van der Waals surface area (Å²) in [6.45, 7) is 10.6. The molecule has 1 fully saturated rings. The van der Waals surface area contributed by atoms with Gasteiger partial charge in [0.25, 0.3) is 0 Å². The van der Waals surface area contributed by atoms with E-state index in [0.29, 0.717) is 0 Å². The molecule has 1 aliphatic heterocycles. The number of nitrogens with zero attached hydrogens (tertiary/aromatic N) is 1. The van der Waals surface area contributed by atoms with Gasteiger partial charge in [-0.3, -0.25) is 0 Å². The van der Waals surface area contributed by atoms with Crippen LogP contribution < -0.4 is 10.6 Å². The summed E-state index contributed by atoms with van der Waals surface area (Å²) in [5.74, 6) is 0. The first-order chi connectivity index (χ1) is 6.40. The van der Waals surface area contributed by atoms with Crippen LogP contribution >= 0.6 is 0 Å². The fourth-order valence-corrected chi connectivity index (χ4v) is 1.54. The van der Waals surface area contributed by atoms with Crippen LogP contribution in [0.1, 0.15) is 27.7 Å². The van der Waals surface area contributed by atoms with Gasteiger partial charge in [0.1, 0.15) is 0 Å². The smallest absolute Gasteiger partial charge is 0.318 e. The van der Waals surface area contributed by atoms with Crippen molar-refractivity contribution in [1.82, 2.24) is 15.5 Å². The summed E-state index contributed by atoms with van der Waals surface area (Å²) < 4.78 is 0. The molecule has 4 nitrogen and oxygen atoms in total. The van der Waals surface area contributed by atoms with Crippen LogP contribution in [0.5, 0.6) is 0 Å². The van der Waals surface area contributed by atoms with Gasteiger partial charge in [0, 0.05) is 31.2 Å². The van der Waals surface area contributed by atoms with E-state index in [0.717, 1.165) is 19.6 Å². The van der Waals surface area contributed by atoms with Crippen LogP contribution in [0.25, 0.3) is 0 Å². The molecular formula is C10H21N3O. The Labute approximate surface area is 86.0 Å². The Morgan fingerprint density at radius 2 is 2.14 bits per heavy atom. The predicted molar refractivity (Wildman–Crippen MR) is 57.3 cm³/mol. The Hall–Kier alpha value is -0.770. The van der Waals surface area contributed by atoms with E-state index >= 15 is 0 Å². The Bertz CT molecular complexity index is 210. The third-order valence-electron chi connectivity index (χ3n) is 2.24. The maximum Gasteiger partial charge on any atom is 0.318 e. The van der Waals surface area contributed by atoms with Crippen LogP contribution in [-0.4, -0.2) is 42.1 Å². The Balaban J connectivity index is 2.50. The molecule has 1 heterocycles. The van der Waals surface area contributed by atoms with Crippen molar-refractivity contribution in [1.29, 1.82) is 0 Å². The van der Waals surface area contributed by atoms with Crippen molar-refractivity contribution in [2.75, 3.05) is 19.6 Å². The normalized spacial score (nSPS) is 23.4. The largest absolute Gasteiger partial charge is 0.333 e. The maximum absolute atomic E-state index is 11.8. The molecule has 0 aromatic rings. The average molecular weight is 199 g/mol. The summed E-state index contributed by atoms with van der Waals surface area (Å²) in [6.07, 6.45) is 0. The third kappa shape index (κ3) is 3.18. The zero-order valence-electron chi connectivity index (χ0n) is 9.55. The number of hydrogen-bond acceptors (Lipinski definition) is 2. The van der Waals surface area contributed by atoms with Gasteiger partial charge < -0.3 is 15.5 Å². The predicted octanol–water partition coefficient (Wildman–Crippen LogP) is 0.788. The highest BCUT2D eigenvalue weighted by Gasteiger charge is 2.25. The highest BCUT2D eigenvalue weighted by Crippen LogP contribution is 2.06. The Kier molecular flexibility index (Phi) is 3.37. The van der Waals surface area contributed by atoms with Crippen LogP contribution in [-0.2, 0) is 0 Å². The van der Waals surface area contributed by atoms with Gasteiger partial charge in [0.2, 0.25) is 0 Å². The summed E-state index contributed by atoms with van der Waals surface area (Å²) in [6, 6.07) is 0.331. The van der Waals surface area contributed by atoms with Crippen molar-refractivity contribution in [3.05, 3.63) is 0 Å². The van der Waals surface area contributed by atoms with E-state index in [4.69, 9.17) is 0 Å². The van der Waals surface area contributed by atoms with Crippen LogP contribution in [0, 0.1) is 0 Å². The SMILES string of the molecule is C[C@H]1CNCCN1C(=O)NC(C)(C)C. The number of piperazine rings is 1. The number of hydrogen-bond donors (Lipinski definition) is 2. The number of rotatable bonds is 0. The van der Waals surface area contributed by atoms with Crippen molar-refractivity contribution in [2.45, 2.75) is 39.3 Å². The zero-order valence-corrected chi connectivity index (χ0v) is 9.55. The van der Waals surface area contributed by atoms with Gasteiger partial charge in [-0.05, 0) is 27.7 Å². The number of nitrogens with one attached hydrogen (secondary N) is 2. The van der Waals surface area contributed by atoms with Crippen molar-refractivity contribution in [2.24, 2.45) is 0 Å². The summed E-state index contributed by atoms with van der Waals surface area (Å²) in [5.41, 5.74) is -0.151. The maximum atomic E-state index is 11.8.